The first-order valence-electron chi connectivity index (χ1n) is 7.34. The Morgan fingerprint density at radius 2 is 1.68 bits per heavy atom. The Morgan fingerprint density at radius 1 is 1.05 bits per heavy atom. The first-order valence-corrected chi connectivity index (χ1v) is 7.34. The molecule has 1 aliphatic rings. The van der Waals surface area contributed by atoms with E-state index in [0.29, 0.717) is 34.0 Å². The molecule has 0 unspecified atom stereocenters. The van der Waals surface area contributed by atoms with E-state index in [0.717, 1.165) is 0 Å². The van der Waals surface area contributed by atoms with Crippen molar-refractivity contribution in [3.05, 3.63) is 47.0 Å². The molecule has 0 fully saturated rings. The zero-order valence-corrected chi connectivity index (χ0v) is 12.8. The lowest BCUT2D eigenvalue weighted by Crippen LogP contribution is -2.42. The van der Waals surface area contributed by atoms with Crippen molar-refractivity contribution < 1.29 is 14.4 Å². The third-order valence-corrected chi connectivity index (χ3v) is 3.92. The second-order valence-corrected chi connectivity index (χ2v) is 6.06. The smallest absolute Gasteiger partial charge is 0.261 e. The third-order valence-electron chi connectivity index (χ3n) is 3.92. The third kappa shape index (κ3) is 2.03. The van der Waals surface area contributed by atoms with Crippen molar-refractivity contribution in [3.63, 3.8) is 0 Å². The summed E-state index contributed by atoms with van der Waals surface area (Å²) >= 11 is 0. The highest BCUT2D eigenvalue weighted by atomic mass is 16.2. The molecule has 0 N–H and O–H groups in total. The summed E-state index contributed by atoms with van der Waals surface area (Å²) in [6.45, 7) is 5.81. The van der Waals surface area contributed by atoms with Crippen LogP contribution in [0.25, 0.3) is 10.8 Å². The van der Waals surface area contributed by atoms with Gasteiger partial charge in [0.1, 0.15) is 0 Å². The van der Waals surface area contributed by atoms with Gasteiger partial charge in [-0.3, -0.25) is 19.3 Å². The maximum atomic E-state index is 12.7. The SMILES string of the molecule is CC(=O)c1ccc2c3c(cccc13)C(=O)N(CC(C)C)C2=O. The van der Waals surface area contributed by atoms with Crippen LogP contribution in [-0.4, -0.2) is 29.0 Å². The molecule has 22 heavy (non-hydrogen) atoms. The predicted octanol–water partition coefficient (Wildman–Crippen LogP) is 3.29. The summed E-state index contributed by atoms with van der Waals surface area (Å²) < 4.78 is 0. The Labute approximate surface area is 128 Å². The fourth-order valence-corrected chi connectivity index (χ4v) is 2.98. The molecule has 2 amide bonds. The molecular formula is C18H17NO3. The number of rotatable bonds is 3. The Morgan fingerprint density at radius 3 is 2.27 bits per heavy atom. The lowest BCUT2D eigenvalue weighted by molar-refractivity contribution is 0.0591. The molecule has 0 radical (unpaired) electrons. The van der Waals surface area contributed by atoms with E-state index >= 15 is 0 Å². The Balaban J connectivity index is 2.30. The first kappa shape index (κ1) is 14.4. The fourth-order valence-electron chi connectivity index (χ4n) is 2.98. The molecule has 2 aromatic carbocycles. The minimum Gasteiger partial charge on any atom is -0.294 e. The maximum Gasteiger partial charge on any atom is 0.261 e. The molecule has 0 spiro atoms. The van der Waals surface area contributed by atoms with Gasteiger partial charge < -0.3 is 0 Å². The summed E-state index contributed by atoms with van der Waals surface area (Å²) in [6.07, 6.45) is 0. The van der Waals surface area contributed by atoms with Gasteiger partial charge in [0, 0.05) is 28.6 Å². The molecule has 0 atom stereocenters. The quantitative estimate of drug-likeness (QED) is 0.645. The van der Waals surface area contributed by atoms with Crippen molar-refractivity contribution >= 4 is 28.4 Å². The van der Waals surface area contributed by atoms with Crippen LogP contribution in [0.5, 0.6) is 0 Å². The van der Waals surface area contributed by atoms with Crippen molar-refractivity contribution in [1.82, 2.24) is 4.90 Å². The maximum absolute atomic E-state index is 12.7. The predicted molar refractivity (Wildman–Crippen MR) is 84.2 cm³/mol. The summed E-state index contributed by atoms with van der Waals surface area (Å²) in [4.78, 5) is 38.4. The summed E-state index contributed by atoms with van der Waals surface area (Å²) in [5.41, 5.74) is 1.53. The second-order valence-electron chi connectivity index (χ2n) is 6.06. The van der Waals surface area contributed by atoms with Gasteiger partial charge in [-0.15, -0.1) is 0 Å². The van der Waals surface area contributed by atoms with Gasteiger partial charge in [0.15, 0.2) is 5.78 Å². The number of Topliss-reactive ketones (excluding diaryl/α,β-unsaturated/α-hetero) is 1. The summed E-state index contributed by atoms with van der Waals surface area (Å²) in [5.74, 6) is -0.437. The molecule has 0 saturated carbocycles. The number of ketones is 1. The molecule has 0 bridgehead atoms. The molecule has 1 heterocycles. The Bertz CT molecular complexity index is 798. The van der Waals surface area contributed by atoms with Gasteiger partial charge >= 0.3 is 0 Å². The summed E-state index contributed by atoms with van der Waals surface area (Å²) in [7, 11) is 0. The summed E-state index contributed by atoms with van der Waals surface area (Å²) in [6, 6.07) is 8.60. The zero-order valence-electron chi connectivity index (χ0n) is 12.8. The van der Waals surface area contributed by atoms with Crippen molar-refractivity contribution in [1.29, 1.82) is 0 Å². The van der Waals surface area contributed by atoms with Gasteiger partial charge in [-0.2, -0.15) is 0 Å². The normalized spacial score (nSPS) is 14.1. The molecule has 0 aliphatic carbocycles. The summed E-state index contributed by atoms with van der Waals surface area (Å²) in [5, 5.41) is 1.28. The molecule has 112 valence electrons. The van der Waals surface area contributed by atoms with E-state index in [1.165, 1.54) is 11.8 Å². The lowest BCUT2D eigenvalue weighted by Gasteiger charge is -2.28. The highest BCUT2D eigenvalue weighted by Crippen LogP contribution is 2.32. The van der Waals surface area contributed by atoms with Crippen molar-refractivity contribution in [2.45, 2.75) is 20.8 Å². The molecular weight excluding hydrogens is 278 g/mol. The molecule has 4 nitrogen and oxygen atoms in total. The van der Waals surface area contributed by atoms with Crippen LogP contribution in [0.15, 0.2) is 30.3 Å². The molecule has 1 aliphatic heterocycles. The lowest BCUT2D eigenvalue weighted by atomic mass is 9.90. The van der Waals surface area contributed by atoms with Crippen LogP contribution < -0.4 is 0 Å². The van der Waals surface area contributed by atoms with Gasteiger partial charge in [0.05, 0.1) is 0 Å². The average molecular weight is 295 g/mol. The van der Waals surface area contributed by atoms with Crippen LogP contribution in [0.3, 0.4) is 0 Å². The first-order chi connectivity index (χ1) is 10.4. The van der Waals surface area contributed by atoms with Crippen molar-refractivity contribution in [3.8, 4) is 0 Å². The van der Waals surface area contributed by atoms with E-state index in [4.69, 9.17) is 0 Å². The fraction of sp³-hybridized carbons (Fsp3) is 0.278. The number of hydrogen-bond donors (Lipinski definition) is 0. The minimum atomic E-state index is -0.280. The van der Waals surface area contributed by atoms with Crippen LogP contribution in [0.1, 0.15) is 51.8 Å². The number of imide groups is 1. The Kier molecular flexibility index (Phi) is 3.32. The topological polar surface area (TPSA) is 54.5 Å². The van der Waals surface area contributed by atoms with Gasteiger partial charge in [0.2, 0.25) is 0 Å². The van der Waals surface area contributed by atoms with Gasteiger partial charge in [0.25, 0.3) is 11.8 Å². The zero-order chi connectivity index (χ0) is 16.0. The standard InChI is InChI=1S/C18H17NO3/c1-10(2)9-19-17(21)14-6-4-5-13-12(11(3)20)7-8-15(16(13)14)18(19)22/h4-8,10H,9H2,1-3H3. The van der Waals surface area contributed by atoms with E-state index in [1.807, 2.05) is 13.8 Å². The molecule has 0 aromatic heterocycles. The van der Waals surface area contributed by atoms with E-state index in [2.05, 4.69) is 0 Å². The molecule has 3 rings (SSSR count). The van der Waals surface area contributed by atoms with E-state index in [9.17, 15) is 14.4 Å². The van der Waals surface area contributed by atoms with Crippen LogP contribution in [0, 0.1) is 5.92 Å². The molecule has 4 heteroatoms. The van der Waals surface area contributed by atoms with Gasteiger partial charge in [-0.05, 0) is 36.4 Å². The van der Waals surface area contributed by atoms with E-state index in [1.54, 1.807) is 30.3 Å². The highest BCUT2D eigenvalue weighted by Gasteiger charge is 2.33. The van der Waals surface area contributed by atoms with Crippen LogP contribution in [-0.2, 0) is 0 Å². The number of carbonyl (C=O) groups is 3. The monoisotopic (exact) mass is 295 g/mol. The second kappa shape index (κ2) is 5.05. The van der Waals surface area contributed by atoms with E-state index < -0.39 is 0 Å². The number of nitrogens with zero attached hydrogens (tertiary/aromatic N) is 1. The number of amides is 2. The number of carbonyl (C=O) groups excluding carboxylic acids is 3. The Hall–Kier alpha value is -2.49. The highest BCUT2D eigenvalue weighted by molar-refractivity contribution is 6.27. The van der Waals surface area contributed by atoms with Crippen LogP contribution in [0.4, 0.5) is 0 Å². The molecule has 2 aromatic rings. The van der Waals surface area contributed by atoms with Crippen LogP contribution in [0.2, 0.25) is 0 Å². The van der Waals surface area contributed by atoms with Gasteiger partial charge in [-0.1, -0.05) is 26.0 Å². The minimum absolute atomic E-state index is 0.0757. The average Bonchev–Trinajstić information content (AvgIpc) is 2.48. The largest absolute Gasteiger partial charge is 0.294 e. The van der Waals surface area contributed by atoms with Crippen molar-refractivity contribution in [2.24, 2.45) is 5.92 Å². The number of hydrogen-bond acceptors (Lipinski definition) is 3. The van der Waals surface area contributed by atoms with Crippen LogP contribution >= 0.6 is 0 Å². The van der Waals surface area contributed by atoms with Gasteiger partial charge in [-0.25, -0.2) is 0 Å². The molecule has 0 saturated heterocycles. The number of benzene rings is 2. The van der Waals surface area contributed by atoms with Crippen molar-refractivity contribution in [2.75, 3.05) is 6.54 Å². The van der Waals surface area contributed by atoms with E-state index in [-0.39, 0.29) is 23.5 Å².